The van der Waals surface area contributed by atoms with Gasteiger partial charge in [-0.05, 0) is 37.6 Å². The molecule has 0 aliphatic rings. The Hall–Kier alpha value is -1.85. The number of carbonyl (C=O) groups is 1. The summed E-state index contributed by atoms with van der Waals surface area (Å²) in [5.41, 5.74) is 1.27. The number of aliphatic hydroxyl groups excluding tert-OH is 1. The Balaban J connectivity index is 2.16. The fourth-order valence-electron chi connectivity index (χ4n) is 2.07. The van der Waals surface area contributed by atoms with Crippen molar-refractivity contribution in [2.24, 2.45) is 0 Å². The van der Waals surface area contributed by atoms with Crippen molar-refractivity contribution < 1.29 is 9.90 Å². The van der Waals surface area contributed by atoms with Gasteiger partial charge in [0.1, 0.15) is 5.69 Å². The zero-order valence-electron chi connectivity index (χ0n) is 12.0. The number of aliphatic hydroxyl groups is 1. The monoisotopic (exact) mass is 307 g/mol. The molecule has 1 aromatic carbocycles. The van der Waals surface area contributed by atoms with Gasteiger partial charge in [0.2, 0.25) is 0 Å². The van der Waals surface area contributed by atoms with Crippen molar-refractivity contribution in [3.63, 3.8) is 0 Å². The Kier molecular flexibility index (Phi) is 4.98. The third-order valence-electron chi connectivity index (χ3n) is 3.15. The number of hydrogen-bond donors (Lipinski definition) is 2. The third kappa shape index (κ3) is 3.62. The van der Waals surface area contributed by atoms with Crippen molar-refractivity contribution in [1.29, 1.82) is 0 Å². The fourth-order valence-corrected chi connectivity index (χ4v) is 2.19. The molecule has 0 aliphatic heterocycles. The lowest BCUT2D eigenvalue weighted by atomic mass is 10.1. The minimum atomic E-state index is -0.481. The van der Waals surface area contributed by atoms with Crippen LogP contribution >= 0.6 is 11.6 Å². The van der Waals surface area contributed by atoms with Gasteiger partial charge in [0.25, 0.3) is 5.91 Å². The van der Waals surface area contributed by atoms with Gasteiger partial charge in [0.05, 0.1) is 12.6 Å². The second-order valence-corrected chi connectivity index (χ2v) is 5.45. The van der Waals surface area contributed by atoms with Gasteiger partial charge in [0, 0.05) is 17.3 Å². The summed E-state index contributed by atoms with van der Waals surface area (Å²) in [7, 11) is 0. The van der Waals surface area contributed by atoms with Crippen LogP contribution in [0.15, 0.2) is 36.5 Å². The number of aromatic nitrogens is 2. The van der Waals surface area contributed by atoms with Gasteiger partial charge in [-0.25, -0.2) is 0 Å². The zero-order valence-corrected chi connectivity index (χ0v) is 12.7. The van der Waals surface area contributed by atoms with Gasteiger partial charge < -0.3 is 10.4 Å². The first-order valence-corrected chi connectivity index (χ1v) is 7.11. The highest BCUT2D eigenvalue weighted by Gasteiger charge is 2.18. The van der Waals surface area contributed by atoms with Crippen LogP contribution in [0, 0.1) is 0 Å². The van der Waals surface area contributed by atoms with E-state index in [9.17, 15) is 9.90 Å². The van der Waals surface area contributed by atoms with E-state index in [-0.39, 0.29) is 18.6 Å². The molecule has 2 N–H and O–H groups in total. The van der Waals surface area contributed by atoms with Crippen LogP contribution in [0.3, 0.4) is 0 Å². The lowest BCUT2D eigenvalue weighted by molar-refractivity contribution is 0.0903. The van der Waals surface area contributed by atoms with Gasteiger partial charge >= 0.3 is 0 Å². The van der Waals surface area contributed by atoms with Crippen molar-refractivity contribution in [3.8, 4) is 0 Å². The van der Waals surface area contributed by atoms with Gasteiger partial charge in [-0.15, -0.1) is 0 Å². The molecule has 0 fully saturated rings. The van der Waals surface area contributed by atoms with Crippen LogP contribution in [0.1, 0.15) is 42.0 Å². The lowest BCUT2D eigenvalue weighted by Gasteiger charge is -2.18. The first-order chi connectivity index (χ1) is 10.0. The largest absolute Gasteiger partial charge is 0.394 e. The molecule has 1 heterocycles. The average molecular weight is 308 g/mol. The van der Waals surface area contributed by atoms with Crippen LogP contribution in [-0.4, -0.2) is 27.4 Å². The SMILES string of the molecule is CC(C)n1nccc1C(=O)NC(CO)c1ccc(Cl)cc1. The molecule has 0 saturated heterocycles. The molecule has 0 saturated carbocycles. The van der Waals surface area contributed by atoms with Crippen LogP contribution in [0.25, 0.3) is 0 Å². The van der Waals surface area contributed by atoms with Gasteiger partial charge in [-0.1, -0.05) is 23.7 Å². The molecule has 21 heavy (non-hydrogen) atoms. The standard InChI is InChI=1S/C15H18ClN3O2/c1-10(2)19-14(7-8-17-19)15(21)18-13(9-20)11-3-5-12(16)6-4-11/h3-8,10,13,20H,9H2,1-2H3,(H,18,21). The highest BCUT2D eigenvalue weighted by atomic mass is 35.5. The number of halogens is 1. The quantitative estimate of drug-likeness (QED) is 0.892. The maximum absolute atomic E-state index is 12.3. The second kappa shape index (κ2) is 6.74. The smallest absolute Gasteiger partial charge is 0.270 e. The molecule has 1 unspecified atom stereocenters. The highest BCUT2D eigenvalue weighted by molar-refractivity contribution is 6.30. The first-order valence-electron chi connectivity index (χ1n) is 6.73. The molecule has 112 valence electrons. The number of benzene rings is 1. The predicted molar refractivity (Wildman–Crippen MR) is 81.4 cm³/mol. The van der Waals surface area contributed by atoms with Gasteiger partial charge in [-0.2, -0.15) is 5.10 Å². The van der Waals surface area contributed by atoms with Crippen LogP contribution < -0.4 is 5.32 Å². The van der Waals surface area contributed by atoms with E-state index >= 15 is 0 Å². The maximum Gasteiger partial charge on any atom is 0.270 e. The van der Waals surface area contributed by atoms with Gasteiger partial charge in [0.15, 0.2) is 0 Å². The van der Waals surface area contributed by atoms with Crippen molar-refractivity contribution in [1.82, 2.24) is 15.1 Å². The Morgan fingerprint density at radius 3 is 2.57 bits per heavy atom. The summed E-state index contributed by atoms with van der Waals surface area (Å²) in [6.45, 7) is 3.71. The summed E-state index contributed by atoms with van der Waals surface area (Å²) in [6.07, 6.45) is 1.59. The number of hydrogen-bond acceptors (Lipinski definition) is 3. The normalized spacial score (nSPS) is 12.4. The number of amides is 1. The maximum atomic E-state index is 12.3. The molecular formula is C15H18ClN3O2. The van der Waals surface area contributed by atoms with Crippen LogP contribution in [0.4, 0.5) is 0 Å². The van der Waals surface area contributed by atoms with E-state index in [1.54, 1.807) is 41.2 Å². The average Bonchev–Trinajstić information content (AvgIpc) is 2.95. The molecule has 1 amide bonds. The molecule has 1 atom stereocenters. The Bertz CT molecular complexity index is 608. The minimum absolute atomic E-state index is 0.0869. The van der Waals surface area contributed by atoms with Crippen LogP contribution in [0.5, 0.6) is 0 Å². The predicted octanol–water partition coefficient (Wildman–Crippen LogP) is 2.58. The second-order valence-electron chi connectivity index (χ2n) is 5.01. The van der Waals surface area contributed by atoms with Crippen LogP contribution in [-0.2, 0) is 0 Å². The summed E-state index contributed by atoms with van der Waals surface area (Å²) >= 11 is 5.84. The summed E-state index contributed by atoms with van der Waals surface area (Å²) in [6, 6.07) is 8.28. The Morgan fingerprint density at radius 2 is 2.00 bits per heavy atom. The molecule has 5 nitrogen and oxygen atoms in total. The first kappa shape index (κ1) is 15.5. The van der Waals surface area contributed by atoms with Gasteiger partial charge in [-0.3, -0.25) is 9.48 Å². The summed E-state index contributed by atoms with van der Waals surface area (Å²) in [5, 5.41) is 17.1. The lowest BCUT2D eigenvalue weighted by Crippen LogP contribution is -2.32. The molecule has 0 spiro atoms. The zero-order chi connectivity index (χ0) is 15.4. The van der Waals surface area contributed by atoms with Crippen LogP contribution in [0.2, 0.25) is 5.02 Å². The third-order valence-corrected chi connectivity index (χ3v) is 3.40. The van der Waals surface area contributed by atoms with E-state index in [1.807, 2.05) is 13.8 Å². The van der Waals surface area contributed by atoms with Crippen molar-refractivity contribution in [2.45, 2.75) is 25.9 Å². The van der Waals surface area contributed by atoms with Crippen molar-refractivity contribution in [2.75, 3.05) is 6.61 Å². The molecular weight excluding hydrogens is 290 g/mol. The van der Waals surface area contributed by atoms with E-state index in [2.05, 4.69) is 10.4 Å². The number of nitrogens with one attached hydrogen (secondary N) is 1. The number of nitrogens with zero attached hydrogens (tertiary/aromatic N) is 2. The van der Waals surface area contributed by atoms with Crippen molar-refractivity contribution in [3.05, 3.63) is 52.8 Å². The summed E-state index contributed by atoms with van der Waals surface area (Å²) < 4.78 is 1.64. The number of rotatable bonds is 5. The minimum Gasteiger partial charge on any atom is -0.394 e. The van der Waals surface area contributed by atoms with E-state index in [4.69, 9.17) is 11.6 Å². The summed E-state index contributed by atoms with van der Waals surface area (Å²) in [4.78, 5) is 12.3. The molecule has 2 aromatic rings. The fraction of sp³-hybridized carbons (Fsp3) is 0.333. The molecule has 0 bridgehead atoms. The van der Waals surface area contributed by atoms with Crippen molar-refractivity contribution >= 4 is 17.5 Å². The van der Waals surface area contributed by atoms with E-state index in [0.29, 0.717) is 10.7 Å². The summed E-state index contributed by atoms with van der Waals surface area (Å²) in [5.74, 6) is -0.268. The molecule has 2 rings (SSSR count). The Labute approximate surface area is 128 Å². The van der Waals surface area contributed by atoms with E-state index in [0.717, 1.165) is 5.56 Å². The molecule has 0 aliphatic carbocycles. The number of carbonyl (C=O) groups excluding carboxylic acids is 1. The topological polar surface area (TPSA) is 67.2 Å². The molecule has 6 heteroatoms. The highest BCUT2D eigenvalue weighted by Crippen LogP contribution is 2.17. The molecule has 1 aromatic heterocycles. The van der Waals surface area contributed by atoms with E-state index < -0.39 is 6.04 Å². The van der Waals surface area contributed by atoms with E-state index in [1.165, 1.54) is 0 Å². The Morgan fingerprint density at radius 1 is 1.33 bits per heavy atom. The molecule has 0 radical (unpaired) electrons.